The van der Waals surface area contributed by atoms with E-state index in [1.165, 1.54) is 11.1 Å². The van der Waals surface area contributed by atoms with Crippen LogP contribution >= 0.6 is 0 Å². The van der Waals surface area contributed by atoms with Crippen LogP contribution in [0.15, 0.2) is 24.8 Å². The van der Waals surface area contributed by atoms with E-state index in [2.05, 4.69) is 25.3 Å². The number of hydrogen-bond acceptors (Lipinski definition) is 5. The Balaban J connectivity index is 2.10. The van der Waals surface area contributed by atoms with Crippen molar-refractivity contribution in [3.63, 3.8) is 0 Å². The normalized spacial score (nSPS) is 10.1. The van der Waals surface area contributed by atoms with Gasteiger partial charge in [-0.05, 0) is 0 Å². The van der Waals surface area contributed by atoms with Crippen molar-refractivity contribution in [1.29, 1.82) is 0 Å². The molecule has 0 saturated heterocycles. The third-order valence-electron chi connectivity index (χ3n) is 2.40. The molecule has 0 fully saturated rings. The van der Waals surface area contributed by atoms with Crippen molar-refractivity contribution in [3.8, 4) is 0 Å². The zero-order valence-corrected chi connectivity index (χ0v) is 10.2. The van der Waals surface area contributed by atoms with E-state index in [9.17, 15) is 4.79 Å². The number of amides is 1. The fourth-order valence-corrected chi connectivity index (χ4v) is 1.47. The van der Waals surface area contributed by atoms with Crippen LogP contribution in [0, 0.1) is 0 Å². The maximum absolute atomic E-state index is 12.1. The summed E-state index contributed by atoms with van der Waals surface area (Å²) in [5, 5.41) is 2.84. The van der Waals surface area contributed by atoms with Crippen LogP contribution in [-0.4, -0.2) is 44.8 Å². The van der Waals surface area contributed by atoms with Crippen LogP contribution < -0.4 is 5.32 Å². The van der Waals surface area contributed by atoms with E-state index in [-0.39, 0.29) is 5.91 Å². The van der Waals surface area contributed by atoms with Gasteiger partial charge in [0.15, 0.2) is 0 Å². The summed E-state index contributed by atoms with van der Waals surface area (Å²) in [4.78, 5) is 28.7. The number of imidazole rings is 1. The molecule has 2 aromatic heterocycles. The Hall–Kier alpha value is -2.44. The van der Waals surface area contributed by atoms with Crippen molar-refractivity contribution in [3.05, 3.63) is 36.3 Å². The van der Waals surface area contributed by atoms with Crippen molar-refractivity contribution in [2.45, 2.75) is 6.54 Å². The summed E-state index contributed by atoms with van der Waals surface area (Å²) < 4.78 is 0. The lowest BCUT2D eigenvalue weighted by Gasteiger charge is -2.15. The Morgan fingerprint density at radius 2 is 2.33 bits per heavy atom. The van der Waals surface area contributed by atoms with Gasteiger partial charge < -0.3 is 15.2 Å². The molecule has 0 aromatic carbocycles. The Morgan fingerprint density at radius 3 is 3.00 bits per heavy atom. The Kier molecular flexibility index (Phi) is 3.52. The molecule has 0 radical (unpaired) electrons. The summed E-state index contributed by atoms with van der Waals surface area (Å²) in [5.41, 5.74) is 0.302. The highest BCUT2D eigenvalue weighted by Gasteiger charge is 2.15. The van der Waals surface area contributed by atoms with Crippen LogP contribution in [0.25, 0.3) is 0 Å². The molecule has 7 nitrogen and oxygen atoms in total. The number of hydrogen-bond donors (Lipinski definition) is 2. The minimum atomic E-state index is -0.198. The summed E-state index contributed by atoms with van der Waals surface area (Å²) in [6.07, 6.45) is 6.37. The minimum absolute atomic E-state index is 0.198. The molecule has 1 amide bonds. The molecule has 2 rings (SSSR count). The number of nitrogens with one attached hydrogen (secondary N) is 2. The number of aromatic nitrogens is 4. The van der Waals surface area contributed by atoms with Crippen LogP contribution in [-0.2, 0) is 6.54 Å². The highest BCUT2D eigenvalue weighted by Crippen LogP contribution is 2.05. The number of aromatic amines is 1. The van der Waals surface area contributed by atoms with Crippen molar-refractivity contribution in [2.24, 2.45) is 0 Å². The second-order valence-corrected chi connectivity index (χ2v) is 3.74. The molecule has 2 aromatic rings. The van der Waals surface area contributed by atoms with Gasteiger partial charge in [-0.15, -0.1) is 0 Å². The molecule has 0 spiro atoms. The molecule has 0 atom stereocenters. The van der Waals surface area contributed by atoms with E-state index in [1.807, 2.05) is 0 Å². The summed E-state index contributed by atoms with van der Waals surface area (Å²) >= 11 is 0. The first kappa shape index (κ1) is 12.0. The third-order valence-corrected chi connectivity index (χ3v) is 2.40. The van der Waals surface area contributed by atoms with Crippen molar-refractivity contribution < 1.29 is 4.79 Å². The highest BCUT2D eigenvalue weighted by molar-refractivity contribution is 5.92. The molecule has 0 bridgehead atoms. The van der Waals surface area contributed by atoms with Gasteiger partial charge >= 0.3 is 0 Å². The first-order valence-corrected chi connectivity index (χ1v) is 5.44. The van der Waals surface area contributed by atoms with E-state index in [0.29, 0.717) is 18.1 Å². The zero-order valence-electron chi connectivity index (χ0n) is 10.2. The maximum Gasteiger partial charge on any atom is 0.274 e. The van der Waals surface area contributed by atoms with Crippen LogP contribution in [0.4, 0.5) is 5.82 Å². The lowest BCUT2D eigenvalue weighted by molar-refractivity contribution is 0.0775. The van der Waals surface area contributed by atoms with Crippen LogP contribution in [0.5, 0.6) is 0 Å². The molecule has 0 aliphatic rings. The van der Waals surface area contributed by atoms with Gasteiger partial charge in [0.25, 0.3) is 5.91 Å². The third kappa shape index (κ3) is 2.62. The summed E-state index contributed by atoms with van der Waals surface area (Å²) in [5.74, 6) is 1.09. The van der Waals surface area contributed by atoms with E-state index >= 15 is 0 Å². The molecule has 7 heteroatoms. The van der Waals surface area contributed by atoms with Gasteiger partial charge in [-0.2, -0.15) is 0 Å². The summed E-state index contributed by atoms with van der Waals surface area (Å²) in [6, 6.07) is 0. The van der Waals surface area contributed by atoms with E-state index in [4.69, 9.17) is 0 Å². The molecular weight excluding hydrogens is 232 g/mol. The minimum Gasteiger partial charge on any atom is -0.372 e. The molecular formula is C11H14N6O. The molecule has 2 heterocycles. The number of H-pyrrole nitrogens is 1. The van der Waals surface area contributed by atoms with E-state index in [1.54, 1.807) is 32.7 Å². The van der Waals surface area contributed by atoms with Crippen molar-refractivity contribution in [1.82, 2.24) is 24.8 Å². The molecule has 18 heavy (non-hydrogen) atoms. The number of carbonyl (C=O) groups is 1. The van der Waals surface area contributed by atoms with Crippen LogP contribution in [0.2, 0.25) is 0 Å². The van der Waals surface area contributed by atoms with Crippen molar-refractivity contribution >= 4 is 11.7 Å². The predicted molar refractivity (Wildman–Crippen MR) is 66.0 cm³/mol. The Bertz CT molecular complexity index is 524. The average Bonchev–Trinajstić information content (AvgIpc) is 2.90. The SMILES string of the molecule is CNc1cncc(C(=O)N(C)Cc2ncc[nH]2)n1. The second-order valence-electron chi connectivity index (χ2n) is 3.74. The lowest BCUT2D eigenvalue weighted by Crippen LogP contribution is -2.27. The van der Waals surface area contributed by atoms with E-state index < -0.39 is 0 Å². The fraction of sp³-hybridized carbons (Fsp3) is 0.273. The van der Waals surface area contributed by atoms with Crippen molar-refractivity contribution in [2.75, 3.05) is 19.4 Å². The van der Waals surface area contributed by atoms with Gasteiger partial charge in [-0.25, -0.2) is 9.97 Å². The summed E-state index contributed by atoms with van der Waals surface area (Å²) in [6.45, 7) is 0.400. The fourth-order valence-electron chi connectivity index (χ4n) is 1.47. The first-order valence-electron chi connectivity index (χ1n) is 5.44. The second kappa shape index (κ2) is 5.26. The maximum atomic E-state index is 12.1. The van der Waals surface area contributed by atoms with Gasteiger partial charge in [-0.3, -0.25) is 9.78 Å². The van der Waals surface area contributed by atoms with Gasteiger partial charge in [0.05, 0.1) is 18.9 Å². The highest BCUT2D eigenvalue weighted by atomic mass is 16.2. The average molecular weight is 246 g/mol. The zero-order chi connectivity index (χ0) is 13.0. The van der Waals surface area contributed by atoms with Gasteiger partial charge in [0.1, 0.15) is 17.3 Å². The Morgan fingerprint density at radius 1 is 1.50 bits per heavy atom. The predicted octanol–water partition coefficient (Wildman–Crippen LogP) is 0.514. The number of rotatable bonds is 4. The molecule has 0 aliphatic carbocycles. The molecule has 0 saturated carbocycles. The number of anilines is 1. The summed E-state index contributed by atoms with van der Waals surface area (Å²) in [7, 11) is 3.42. The molecule has 0 unspecified atom stereocenters. The largest absolute Gasteiger partial charge is 0.372 e. The van der Waals surface area contributed by atoms with Crippen LogP contribution in [0.3, 0.4) is 0 Å². The standard InChI is InChI=1S/C11H14N6O/c1-12-9-6-13-5-8(16-9)11(18)17(2)7-10-14-3-4-15-10/h3-6H,7H2,1-2H3,(H,12,16)(H,14,15). The lowest BCUT2D eigenvalue weighted by atomic mass is 10.3. The Labute approximate surface area is 104 Å². The van der Waals surface area contributed by atoms with Gasteiger partial charge in [-0.1, -0.05) is 0 Å². The topological polar surface area (TPSA) is 86.8 Å². The van der Waals surface area contributed by atoms with Crippen LogP contribution in [0.1, 0.15) is 16.3 Å². The van der Waals surface area contributed by atoms with E-state index in [0.717, 1.165) is 5.82 Å². The molecule has 0 aliphatic heterocycles. The number of carbonyl (C=O) groups excluding carboxylic acids is 1. The first-order chi connectivity index (χ1) is 8.70. The molecule has 94 valence electrons. The van der Waals surface area contributed by atoms with Gasteiger partial charge in [0.2, 0.25) is 0 Å². The smallest absolute Gasteiger partial charge is 0.274 e. The molecule has 2 N–H and O–H groups in total. The van der Waals surface area contributed by atoms with Gasteiger partial charge in [0, 0.05) is 26.5 Å². The number of nitrogens with zero attached hydrogens (tertiary/aromatic N) is 4. The quantitative estimate of drug-likeness (QED) is 0.821. The monoisotopic (exact) mass is 246 g/mol.